The van der Waals surface area contributed by atoms with Crippen LogP contribution in [0.2, 0.25) is 0 Å². The molecule has 2 aromatic carbocycles. The number of benzene rings is 2. The van der Waals surface area contributed by atoms with Gasteiger partial charge in [0.25, 0.3) is 0 Å². The van der Waals surface area contributed by atoms with E-state index in [1.165, 1.54) is 0 Å². The maximum absolute atomic E-state index is 13.3. The molecule has 2 heterocycles. The lowest BCUT2D eigenvalue weighted by Gasteiger charge is -2.35. The summed E-state index contributed by atoms with van der Waals surface area (Å²) in [7, 11) is -3.03. The third kappa shape index (κ3) is 4.85. The summed E-state index contributed by atoms with van der Waals surface area (Å²) in [5, 5.41) is 3.10. The molecule has 0 saturated carbocycles. The van der Waals surface area contributed by atoms with Gasteiger partial charge in [0.2, 0.25) is 12.7 Å². The molecule has 1 N–H and O–H groups in total. The van der Waals surface area contributed by atoms with Crippen LogP contribution in [0.3, 0.4) is 0 Å². The molecule has 1 amide bonds. The topological polar surface area (TPSA) is 84.9 Å². The van der Waals surface area contributed by atoms with Crippen LogP contribution in [0.1, 0.15) is 31.0 Å². The van der Waals surface area contributed by atoms with Crippen LogP contribution in [0.25, 0.3) is 0 Å². The van der Waals surface area contributed by atoms with Crippen LogP contribution < -0.4 is 14.8 Å². The minimum atomic E-state index is -3.03. The van der Waals surface area contributed by atoms with E-state index in [0.717, 1.165) is 16.9 Å². The fourth-order valence-corrected chi connectivity index (χ4v) is 5.20. The summed E-state index contributed by atoms with van der Waals surface area (Å²) in [5.41, 5.74) is 1.57. The highest BCUT2D eigenvalue weighted by Gasteiger charge is 2.33. The minimum absolute atomic E-state index is 0.0757. The van der Waals surface area contributed by atoms with Crippen molar-refractivity contribution in [3.63, 3.8) is 0 Å². The van der Waals surface area contributed by atoms with Gasteiger partial charge in [-0.05, 0) is 23.3 Å². The Bertz CT molecular complexity index is 1040. The van der Waals surface area contributed by atoms with Crippen LogP contribution in [0.15, 0.2) is 48.5 Å². The fourth-order valence-electron chi connectivity index (χ4n) is 3.97. The van der Waals surface area contributed by atoms with E-state index in [1.54, 1.807) is 0 Å². The third-order valence-electron chi connectivity index (χ3n) is 5.97. The number of amides is 1. The molecule has 2 aliphatic heterocycles. The van der Waals surface area contributed by atoms with Gasteiger partial charge in [0, 0.05) is 25.0 Å². The Morgan fingerprint density at radius 3 is 2.45 bits per heavy atom. The van der Waals surface area contributed by atoms with Crippen LogP contribution in [0.4, 0.5) is 0 Å². The van der Waals surface area contributed by atoms with Crippen LogP contribution in [0.5, 0.6) is 11.5 Å². The first-order chi connectivity index (χ1) is 14.8. The van der Waals surface area contributed by atoms with Crippen molar-refractivity contribution in [1.29, 1.82) is 0 Å². The van der Waals surface area contributed by atoms with Gasteiger partial charge in [-0.15, -0.1) is 0 Å². The standard InChI is InChI=1S/C23H28N2O5S/c1-23(2,18-8-9-19-20(14-18)30-16-29-19)15-24-22(26)21(17-6-4-3-5-7-17)25-10-12-31(27,28)13-11-25/h3-9,14,21H,10-13,15-16H2,1-2H3,(H,24,26). The molecule has 31 heavy (non-hydrogen) atoms. The lowest BCUT2D eigenvalue weighted by molar-refractivity contribution is -0.126. The van der Waals surface area contributed by atoms with Gasteiger partial charge < -0.3 is 14.8 Å². The number of hydrogen-bond donors (Lipinski definition) is 1. The van der Waals surface area contributed by atoms with E-state index in [9.17, 15) is 13.2 Å². The second kappa shape index (κ2) is 8.51. The Labute approximate surface area is 183 Å². The quantitative estimate of drug-likeness (QED) is 0.736. The first-order valence-electron chi connectivity index (χ1n) is 10.4. The van der Waals surface area contributed by atoms with Crippen molar-refractivity contribution in [1.82, 2.24) is 10.2 Å². The van der Waals surface area contributed by atoms with Gasteiger partial charge in [-0.1, -0.05) is 50.2 Å². The number of carbonyl (C=O) groups is 1. The van der Waals surface area contributed by atoms with Crippen molar-refractivity contribution in [2.75, 3.05) is 37.9 Å². The SMILES string of the molecule is CC(C)(CNC(=O)C(c1ccccc1)N1CCS(=O)(=O)CC1)c1ccc2c(c1)OCO2. The van der Waals surface area contributed by atoms with Gasteiger partial charge >= 0.3 is 0 Å². The summed E-state index contributed by atoms with van der Waals surface area (Å²) >= 11 is 0. The van der Waals surface area contributed by atoms with Crippen LogP contribution >= 0.6 is 0 Å². The lowest BCUT2D eigenvalue weighted by atomic mass is 9.84. The van der Waals surface area contributed by atoms with Crippen molar-refractivity contribution >= 4 is 15.7 Å². The molecular formula is C23H28N2O5S. The Balaban J connectivity index is 1.49. The maximum atomic E-state index is 13.3. The number of carbonyl (C=O) groups excluding carboxylic acids is 1. The summed E-state index contributed by atoms with van der Waals surface area (Å²) in [6.07, 6.45) is 0. The molecular weight excluding hydrogens is 416 g/mol. The van der Waals surface area contributed by atoms with Crippen LogP contribution in [-0.4, -0.2) is 57.2 Å². The molecule has 1 fully saturated rings. The van der Waals surface area contributed by atoms with E-state index < -0.39 is 15.9 Å². The molecule has 0 aliphatic carbocycles. The van der Waals surface area contributed by atoms with E-state index in [4.69, 9.17) is 9.47 Å². The number of nitrogens with zero attached hydrogens (tertiary/aromatic N) is 1. The van der Waals surface area contributed by atoms with Gasteiger partial charge in [-0.3, -0.25) is 9.69 Å². The number of fused-ring (bicyclic) bond motifs is 1. The zero-order chi connectivity index (χ0) is 22.1. The molecule has 166 valence electrons. The van der Waals surface area contributed by atoms with Gasteiger partial charge in [0.05, 0.1) is 11.5 Å². The molecule has 8 heteroatoms. The van der Waals surface area contributed by atoms with Crippen molar-refractivity contribution in [3.05, 3.63) is 59.7 Å². The number of ether oxygens (including phenoxy) is 2. The number of nitrogens with one attached hydrogen (secondary N) is 1. The van der Waals surface area contributed by atoms with Crippen molar-refractivity contribution < 1.29 is 22.7 Å². The number of rotatable bonds is 6. The van der Waals surface area contributed by atoms with E-state index in [2.05, 4.69) is 19.2 Å². The third-order valence-corrected chi connectivity index (χ3v) is 7.58. The van der Waals surface area contributed by atoms with Crippen molar-refractivity contribution in [2.45, 2.75) is 25.3 Å². The molecule has 4 rings (SSSR count). The predicted molar refractivity (Wildman–Crippen MR) is 118 cm³/mol. The smallest absolute Gasteiger partial charge is 0.241 e. The van der Waals surface area contributed by atoms with Gasteiger partial charge in [0.1, 0.15) is 6.04 Å². The van der Waals surface area contributed by atoms with Crippen molar-refractivity contribution in [2.24, 2.45) is 0 Å². The molecule has 0 radical (unpaired) electrons. The molecule has 2 aromatic rings. The summed E-state index contributed by atoms with van der Waals surface area (Å²) in [6.45, 7) is 5.48. The summed E-state index contributed by atoms with van der Waals surface area (Å²) < 4.78 is 34.6. The Morgan fingerprint density at radius 2 is 1.74 bits per heavy atom. The predicted octanol–water partition coefficient (Wildman–Crippen LogP) is 2.28. The largest absolute Gasteiger partial charge is 0.454 e. The average molecular weight is 445 g/mol. The number of hydrogen-bond acceptors (Lipinski definition) is 6. The van der Waals surface area contributed by atoms with Gasteiger partial charge in [-0.25, -0.2) is 8.42 Å². The molecule has 1 unspecified atom stereocenters. The molecule has 0 aromatic heterocycles. The summed E-state index contributed by atoms with van der Waals surface area (Å²) in [6, 6.07) is 14.8. The first-order valence-corrected chi connectivity index (χ1v) is 12.2. The zero-order valence-corrected chi connectivity index (χ0v) is 18.7. The van der Waals surface area contributed by atoms with E-state index in [1.807, 2.05) is 53.4 Å². The summed E-state index contributed by atoms with van der Waals surface area (Å²) in [4.78, 5) is 15.3. The minimum Gasteiger partial charge on any atom is -0.454 e. The van der Waals surface area contributed by atoms with Gasteiger partial charge in [0.15, 0.2) is 21.3 Å². The Morgan fingerprint density at radius 1 is 1.06 bits per heavy atom. The zero-order valence-electron chi connectivity index (χ0n) is 17.8. The molecule has 0 spiro atoms. The average Bonchev–Trinajstić information content (AvgIpc) is 3.22. The van der Waals surface area contributed by atoms with E-state index >= 15 is 0 Å². The highest BCUT2D eigenvalue weighted by molar-refractivity contribution is 7.91. The van der Waals surface area contributed by atoms with Crippen molar-refractivity contribution in [3.8, 4) is 11.5 Å². The monoisotopic (exact) mass is 444 g/mol. The van der Waals surface area contributed by atoms with Gasteiger partial charge in [-0.2, -0.15) is 0 Å². The number of sulfone groups is 1. The second-order valence-corrected chi connectivity index (χ2v) is 11.0. The highest BCUT2D eigenvalue weighted by atomic mass is 32.2. The normalized spacial score (nSPS) is 19.0. The summed E-state index contributed by atoms with van der Waals surface area (Å²) in [5.74, 6) is 1.47. The molecule has 7 nitrogen and oxygen atoms in total. The molecule has 0 bridgehead atoms. The lowest BCUT2D eigenvalue weighted by Crippen LogP contribution is -2.49. The highest BCUT2D eigenvalue weighted by Crippen LogP contribution is 2.36. The van der Waals surface area contributed by atoms with E-state index in [-0.39, 0.29) is 29.6 Å². The fraction of sp³-hybridized carbons (Fsp3) is 0.435. The van der Waals surface area contributed by atoms with Crippen LogP contribution in [-0.2, 0) is 20.0 Å². The van der Waals surface area contributed by atoms with E-state index in [0.29, 0.717) is 25.4 Å². The first kappa shape index (κ1) is 21.6. The molecule has 2 aliphatic rings. The second-order valence-electron chi connectivity index (χ2n) is 8.67. The Kier molecular flexibility index (Phi) is 5.94. The van der Waals surface area contributed by atoms with Crippen LogP contribution in [0, 0.1) is 0 Å². The molecule has 1 atom stereocenters. The Hall–Kier alpha value is -2.58. The maximum Gasteiger partial charge on any atom is 0.241 e. The molecule has 1 saturated heterocycles.